The minimum Gasteiger partial charge on any atom is -0.339 e. The molecule has 2 unspecified atom stereocenters. The highest BCUT2D eigenvalue weighted by Gasteiger charge is 2.36. The van der Waals surface area contributed by atoms with Gasteiger partial charge in [-0.2, -0.15) is 4.31 Å². The van der Waals surface area contributed by atoms with E-state index >= 15 is 0 Å². The molecular weight excluding hydrogens is 414 g/mol. The standard InChI is InChI=1S/C20H22F2N4O3S/c21-15-3-1-14(2-4-15)18-13-19(24-23-18)20(27)25-9-11-26(12-10-25)30(28,29)17-7-5-16(22)6-8-17/h1-8,18-19,23-24H,9-13H2. The van der Waals surface area contributed by atoms with Gasteiger partial charge in [0.1, 0.15) is 17.7 Å². The third-order valence-electron chi connectivity index (χ3n) is 5.48. The van der Waals surface area contributed by atoms with Gasteiger partial charge < -0.3 is 4.90 Å². The molecule has 10 heteroatoms. The van der Waals surface area contributed by atoms with Crippen LogP contribution in [0.25, 0.3) is 0 Å². The third kappa shape index (κ3) is 4.22. The van der Waals surface area contributed by atoms with Gasteiger partial charge in [0.2, 0.25) is 15.9 Å². The lowest BCUT2D eigenvalue weighted by atomic mass is 10.0. The molecule has 7 nitrogen and oxygen atoms in total. The Morgan fingerprint density at radius 1 is 0.867 bits per heavy atom. The van der Waals surface area contributed by atoms with Gasteiger partial charge in [-0.15, -0.1) is 0 Å². The predicted octanol–water partition coefficient (Wildman–Crippen LogP) is 1.41. The zero-order chi connectivity index (χ0) is 21.3. The molecule has 2 aliphatic heterocycles. The molecule has 2 aromatic carbocycles. The first-order chi connectivity index (χ1) is 14.3. The fraction of sp³-hybridized carbons (Fsp3) is 0.350. The number of amides is 1. The number of hydrogen-bond donors (Lipinski definition) is 2. The van der Waals surface area contributed by atoms with Crippen LogP contribution in [0.1, 0.15) is 18.0 Å². The summed E-state index contributed by atoms with van der Waals surface area (Å²) in [7, 11) is -3.73. The summed E-state index contributed by atoms with van der Waals surface area (Å²) < 4.78 is 52.9. The number of hydrogen-bond acceptors (Lipinski definition) is 5. The van der Waals surface area contributed by atoms with E-state index < -0.39 is 21.9 Å². The van der Waals surface area contributed by atoms with Crippen molar-refractivity contribution in [1.29, 1.82) is 0 Å². The van der Waals surface area contributed by atoms with Crippen LogP contribution >= 0.6 is 0 Å². The zero-order valence-corrected chi connectivity index (χ0v) is 16.9. The van der Waals surface area contributed by atoms with Crippen LogP contribution in [0.2, 0.25) is 0 Å². The van der Waals surface area contributed by atoms with Gasteiger partial charge in [0.15, 0.2) is 0 Å². The molecule has 0 aromatic heterocycles. The molecular formula is C20H22F2N4O3S. The maximum atomic E-state index is 13.1. The molecule has 2 saturated heterocycles. The highest BCUT2D eigenvalue weighted by atomic mass is 32.2. The molecule has 0 spiro atoms. The fourth-order valence-corrected chi connectivity index (χ4v) is 5.18. The Morgan fingerprint density at radius 2 is 1.43 bits per heavy atom. The monoisotopic (exact) mass is 436 g/mol. The molecule has 2 atom stereocenters. The summed E-state index contributed by atoms with van der Waals surface area (Å²) in [5.41, 5.74) is 6.94. The number of carbonyl (C=O) groups excluding carboxylic acids is 1. The van der Waals surface area contributed by atoms with Gasteiger partial charge in [0, 0.05) is 32.2 Å². The van der Waals surface area contributed by atoms with E-state index in [0.29, 0.717) is 6.42 Å². The lowest BCUT2D eigenvalue weighted by molar-refractivity contribution is -0.134. The maximum absolute atomic E-state index is 13.1. The van der Waals surface area contributed by atoms with Gasteiger partial charge in [-0.3, -0.25) is 4.79 Å². The summed E-state index contributed by atoms with van der Waals surface area (Å²) in [5, 5.41) is 0. The highest BCUT2D eigenvalue weighted by molar-refractivity contribution is 7.89. The van der Waals surface area contributed by atoms with Crippen LogP contribution in [0, 0.1) is 11.6 Å². The van der Waals surface area contributed by atoms with Crippen molar-refractivity contribution in [3.63, 3.8) is 0 Å². The number of carbonyl (C=O) groups is 1. The van der Waals surface area contributed by atoms with Gasteiger partial charge >= 0.3 is 0 Å². The second-order valence-corrected chi connectivity index (χ2v) is 9.30. The SMILES string of the molecule is O=C(C1CC(c2ccc(F)cc2)NN1)N1CCN(S(=O)(=O)c2ccc(F)cc2)CC1. The van der Waals surface area contributed by atoms with Gasteiger partial charge in [-0.05, 0) is 48.4 Å². The molecule has 4 rings (SSSR count). The van der Waals surface area contributed by atoms with Crippen LogP contribution in [-0.2, 0) is 14.8 Å². The second kappa shape index (κ2) is 8.38. The van der Waals surface area contributed by atoms with E-state index in [1.807, 2.05) is 0 Å². The highest BCUT2D eigenvalue weighted by Crippen LogP contribution is 2.24. The Labute approximate surface area is 173 Å². The largest absolute Gasteiger partial charge is 0.339 e. The number of nitrogens with zero attached hydrogens (tertiary/aromatic N) is 2. The van der Waals surface area contributed by atoms with Gasteiger partial charge in [-0.25, -0.2) is 28.1 Å². The first-order valence-corrected chi connectivity index (χ1v) is 11.1. The first kappa shape index (κ1) is 20.9. The molecule has 1 amide bonds. The molecule has 2 heterocycles. The average Bonchev–Trinajstić information content (AvgIpc) is 3.24. The lowest BCUT2D eigenvalue weighted by Gasteiger charge is -2.35. The molecule has 0 aliphatic carbocycles. The smallest absolute Gasteiger partial charge is 0.243 e. The number of sulfonamides is 1. The Balaban J connectivity index is 1.34. The van der Waals surface area contributed by atoms with Crippen molar-refractivity contribution in [2.75, 3.05) is 26.2 Å². The predicted molar refractivity (Wildman–Crippen MR) is 106 cm³/mol. The quantitative estimate of drug-likeness (QED) is 0.758. The summed E-state index contributed by atoms with van der Waals surface area (Å²) in [6.07, 6.45) is 0.512. The Bertz CT molecular complexity index is 1010. The number of halogens is 2. The maximum Gasteiger partial charge on any atom is 0.243 e. The minimum atomic E-state index is -3.73. The summed E-state index contributed by atoms with van der Waals surface area (Å²) in [6.45, 7) is 0.900. The first-order valence-electron chi connectivity index (χ1n) is 9.65. The normalized spacial score (nSPS) is 22.9. The van der Waals surface area contributed by atoms with E-state index in [-0.39, 0.29) is 48.8 Å². The van der Waals surface area contributed by atoms with Gasteiger partial charge in [0.05, 0.1) is 4.90 Å². The van der Waals surface area contributed by atoms with Gasteiger partial charge in [0.25, 0.3) is 0 Å². The number of piperazine rings is 1. The van der Waals surface area contributed by atoms with Crippen LogP contribution in [0.3, 0.4) is 0 Å². The van der Waals surface area contributed by atoms with E-state index in [0.717, 1.165) is 17.7 Å². The summed E-state index contributed by atoms with van der Waals surface area (Å²) in [4.78, 5) is 14.5. The van der Waals surface area contributed by atoms with E-state index in [2.05, 4.69) is 10.9 Å². The molecule has 2 aromatic rings. The second-order valence-electron chi connectivity index (χ2n) is 7.36. The number of hydrazine groups is 1. The van der Waals surface area contributed by atoms with Gasteiger partial charge in [-0.1, -0.05) is 12.1 Å². The van der Waals surface area contributed by atoms with Crippen LogP contribution in [0.4, 0.5) is 8.78 Å². The number of rotatable bonds is 4. The van der Waals surface area contributed by atoms with Crippen molar-refractivity contribution in [3.05, 3.63) is 65.7 Å². The molecule has 30 heavy (non-hydrogen) atoms. The van der Waals surface area contributed by atoms with Crippen LogP contribution in [0.5, 0.6) is 0 Å². The van der Waals surface area contributed by atoms with Crippen molar-refractivity contribution in [2.45, 2.75) is 23.4 Å². The van der Waals surface area contributed by atoms with E-state index in [9.17, 15) is 22.0 Å². The molecule has 0 saturated carbocycles. The lowest BCUT2D eigenvalue weighted by Crippen LogP contribution is -2.54. The molecule has 2 fully saturated rings. The molecule has 2 aliphatic rings. The molecule has 160 valence electrons. The van der Waals surface area contributed by atoms with Crippen molar-refractivity contribution >= 4 is 15.9 Å². The van der Waals surface area contributed by atoms with Crippen LogP contribution in [0.15, 0.2) is 53.4 Å². The van der Waals surface area contributed by atoms with Crippen molar-refractivity contribution in [3.8, 4) is 0 Å². The molecule has 0 radical (unpaired) electrons. The summed E-state index contributed by atoms with van der Waals surface area (Å²) in [5.74, 6) is -0.919. The summed E-state index contributed by atoms with van der Waals surface area (Å²) >= 11 is 0. The molecule has 2 N–H and O–H groups in total. The van der Waals surface area contributed by atoms with E-state index in [1.165, 1.54) is 28.6 Å². The van der Waals surface area contributed by atoms with Crippen molar-refractivity contribution in [2.24, 2.45) is 0 Å². The topological polar surface area (TPSA) is 81.8 Å². The van der Waals surface area contributed by atoms with E-state index in [4.69, 9.17) is 0 Å². The number of nitrogens with one attached hydrogen (secondary N) is 2. The van der Waals surface area contributed by atoms with Crippen LogP contribution < -0.4 is 10.9 Å². The van der Waals surface area contributed by atoms with Crippen LogP contribution in [-0.4, -0.2) is 55.8 Å². The van der Waals surface area contributed by atoms with Crippen molar-refractivity contribution in [1.82, 2.24) is 20.1 Å². The third-order valence-corrected chi connectivity index (χ3v) is 7.39. The number of benzene rings is 2. The Morgan fingerprint density at radius 3 is 2.03 bits per heavy atom. The zero-order valence-electron chi connectivity index (χ0n) is 16.1. The Kier molecular flexibility index (Phi) is 5.83. The van der Waals surface area contributed by atoms with E-state index in [1.54, 1.807) is 17.0 Å². The Hall–Kier alpha value is -2.40. The fourth-order valence-electron chi connectivity index (χ4n) is 3.76. The van der Waals surface area contributed by atoms with Crippen molar-refractivity contribution < 1.29 is 22.0 Å². The average molecular weight is 436 g/mol. The molecule has 0 bridgehead atoms. The minimum absolute atomic E-state index is 0.0347. The summed E-state index contributed by atoms with van der Waals surface area (Å²) in [6, 6.07) is 10.3.